The van der Waals surface area contributed by atoms with Gasteiger partial charge in [0.15, 0.2) is 0 Å². The van der Waals surface area contributed by atoms with E-state index in [1.807, 2.05) is 6.92 Å². The van der Waals surface area contributed by atoms with Crippen LogP contribution in [0, 0.1) is 6.92 Å². The Hall–Kier alpha value is -1.13. The van der Waals surface area contributed by atoms with Gasteiger partial charge in [-0.15, -0.1) is 0 Å². The fourth-order valence-electron chi connectivity index (χ4n) is 1.67. The summed E-state index contributed by atoms with van der Waals surface area (Å²) in [4.78, 5) is 6.46. The molecule has 1 aliphatic rings. The Bertz CT molecular complexity index is 334. The van der Waals surface area contributed by atoms with Gasteiger partial charge in [0, 0.05) is 31.4 Å². The van der Waals surface area contributed by atoms with Crippen molar-refractivity contribution in [3.63, 3.8) is 0 Å². The fourth-order valence-corrected chi connectivity index (χ4v) is 1.67. The minimum atomic E-state index is 0.274. The average Bonchev–Trinajstić information content (AvgIpc) is 2.09. The Morgan fingerprint density at radius 1 is 1.57 bits per heavy atom. The molecular formula is C10H15N3O. The number of rotatable bonds is 2. The van der Waals surface area contributed by atoms with Crippen LogP contribution in [0.5, 0.6) is 5.75 Å². The number of aromatic nitrogens is 1. The molecule has 76 valence electrons. The molecular weight excluding hydrogens is 178 g/mol. The third kappa shape index (κ3) is 1.86. The summed E-state index contributed by atoms with van der Waals surface area (Å²) < 4.78 is 0. The maximum atomic E-state index is 9.55. The molecule has 0 atom stereocenters. The predicted octanol–water partition coefficient (Wildman–Crippen LogP) is 0.239. The molecule has 0 spiro atoms. The SMILES string of the molecule is Cc1ccc(O)c(CN2CC(N)C2)n1. The second-order valence-electron chi connectivity index (χ2n) is 3.87. The summed E-state index contributed by atoms with van der Waals surface area (Å²) in [5.41, 5.74) is 7.35. The van der Waals surface area contributed by atoms with Crippen molar-refractivity contribution in [3.8, 4) is 5.75 Å². The minimum Gasteiger partial charge on any atom is -0.506 e. The van der Waals surface area contributed by atoms with Crippen LogP contribution in [0.15, 0.2) is 12.1 Å². The van der Waals surface area contributed by atoms with E-state index in [1.165, 1.54) is 0 Å². The highest BCUT2D eigenvalue weighted by Crippen LogP contribution is 2.19. The first-order chi connectivity index (χ1) is 6.65. The molecule has 1 fully saturated rings. The van der Waals surface area contributed by atoms with Crippen LogP contribution in [0.2, 0.25) is 0 Å². The maximum absolute atomic E-state index is 9.55. The van der Waals surface area contributed by atoms with Crippen molar-refractivity contribution in [3.05, 3.63) is 23.5 Å². The molecule has 0 amide bonds. The van der Waals surface area contributed by atoms with E-state index >= 15 is 0 Å². The third-order valence-corrected chi connectivity index (χ3v) is 2.45. The smallest absolute Gasteiger partial charge is 0.138 e. The standard InChI is InChI=1S/C10H15N3O/c1-7-2-3-10(14)9(12-7)6-13-4-8(11)5-13/h2-3,8,14H,4-6,11H2,1H3. The van der Waals surface area contributed by atoms with E-state index in [9.17, 15) is 5.11 Å². The molecule has 0 unspecified atom stereocenters. The van der Waals surface area contributed by atoms with Crippen molar-refractivity contribution in [2.24, 2.45) is 5.73 Å². The molecule has 14 heavy (non-hydrogen) atoms. The summed E-state index contributed by atoms with van der Waals surface area (Å²) in [5, 5.41) is 9.55. The summed E-state index contributed by atoms with van der Waals surface area (Å²) in [6.07, 6.45) is 0. The van der Waals surface area contributed by atoms with Crippen LogP contribution < -0.4 is 5.73 Å². The zero-order valence-electron chi connectivity index (χ0n) is 8.27. The average molecular weight is 193 g/mol. The first-order valence-corrected chi connectivity index (χ1v) is 4.78. The van der Waals surface area contributed by atoms with Crippen molar-refractivity contribution < 1.29 is 5.11 Å². The number of aromatic hydroxyl groups is 1. The molecule has 1 saturated heterocycles. The Morgan fingerprint density at radius 3 is 2.93 bits per heavy atom. The maximum Gasteiger partial charge on any atom is 0.138 e. The molecule has 1 aromatic heterocycles. The molecule has 4 heteroatoms. The number of aryl methyl sites for hydroxylation is 1. The molecule has 0 saturated carbocycles. The second kappa shape index (κ2) is 3.55. The van der Waals surface area contributed by atoms with Gasteiger partial charge in [-0.2, -0.15) is 0 Å². The van der Waals surface area contributed by atoms with E-state index in [-0.39, 0.29) is 5.75 Å². The molecule has 0 aromatic carbocycles. The number of nitrogens with two attached hydrogens (primary N) is 1. The zero-order valence-corrected chi connectivity index (χ0v) is 8.27. The van der Waals surface area contributed by atoms with Crippen molar-refractivity contribution >= 4 is 0 Å². The second-order valence-corrected chi connectivity index (χ2v) is 3.87. The first-order valence-electron chi connectivity index (χ1n) is 4.78. The van der Waals surface area contributed by atoms with Crippen molar-refractivity contribution in [1.29, 1.82) is 0 Å². The highest BCUT2D eigenvalue weighted by Gasteiger charge is 2.23. The highest BCUT2D eigenvalue weighted by molar-refractivity contribution is 5.27. The molecule has 4 nitrogen and oxygen atoms in total. The van der Waals surface area contributed by atoms with E-state index in [0.717, 1.165) is 24.5 Å². The van der Waals surface area contributed by atoms with E-state index in [2.05, 4.69) is 9.88 Å². The van der Waals surface area contributed by atoms with E-state index in [1.54, 1.807) is 12.1 Å². The van der Waals surface area contributed by atoms with Gasteiger partial charge in [-0.3, -0.25) is 9.88 Å². The van der Waals surface area contributed by atoms with E-state index in [4.69, 9.17) is 5.73 Å². The number of pyridine rings is 1. The number of likely N-dealkylation sites (tertiary alicyclic amines) is 1. The summed E-state index contributed by atoms with van der Waals surface area (Å²) in [7, 11) is 0. The molecule has 1 aromatic rings. The van der Waals surface area contributed by atoms with Gasteiger partial charge in [-0.25, -0.2) is 0 Å². The normalized spacial score (nSPS) is 18.1. The summed E-state index contributed by atoms with van der Waals surface area (Å²) in [6, 6.07) is 3.79. The Labute approximate surface area is 83.4 Å². The molecule has 2 heterocycles. The van der Waals surface area contributed by atoms with Gasteiger partial charge >= 0.3 is 0 Å². The first kappa shape index (κ1) is 9.43. The minimum absolute atomic E-state index is 0.274. The molecule has 0 radical (unpaired) electrons. The van der Waals surface area contributed by atoms with Gasteiger partial charge in [-0.05, 0) is 19.1 Å². The van der Waals surface area contributed by atoms with Crippen LogP contribution in [0.3, 0.4) is 0 Å². The van der Waals surface area contributed by atoms with Gasteiger partial charge in [0.25, 0.3) is 0 Å². The van der Waals surface area contributed by atoms with E-state index in [0.29, 0.717) is 12.6 Å². The topological polar surface area (TPSA) is 62.4 Å². The summed E-state index contributed by atoms with van der Waals surface area (Å²) in [5.74, 6) is 0.274. The molecule has 3 N–H and O–H groups in total. The van der Waals surface area contributed by atoms with Gasteiger partial charge < -0.3 is 10.8 Å². The zero-order chi connectivity index (χ0) is 10.1. The van der Waals surface area contributed by atoms with Crippen molar-refractivity contribution in [2.45, 2.75) is 19.5 Å². The number of hydrogen-bond donors (Lipinski definition) is 2. The largest absolute Gasteiger partial charge is 0.506 e. The predicted molar refractivity (Wildman–Crippen MR) is 53.9 cm³/mol. The fraction of sp³-hybridized carbons (Fsp3) is 0.500. The lowest BCUT2D eigenvalue weighted by Gasteiger charge is -2.36. The molecule has 2 rings (SSSR count). The van der Waals surface area contributed by atoms with Gasteiger partial charge in [0.1, 0.15) is 5.75 Å². The van der Waals surface area contributed by atoms with Crippen LogP contribution in [0.25, 0.3) is 0 Å². The van der Waals surface area contributed by atoms with Crippen LogP contribution in [0.4, 0.5) is 0 Å². The van der Waals surface area contributed by atoms with E-state index < -0.39 is 0 Å². The Kier molecular flexibility index (Phi) is 2.39. The van der Waals surface area contributed by atoms with Crippen LogP contribution in [0.1, 0.15) is 11.4 Å². The Balaban J connectivity index is 2.05. The number of nitrogens with zero attached hydrogens (tertiary/aromatic N) is 2. The molecule has 1 aliphatic heterocycles. The number of hydrogen-bond acceptors (Lipinski definition) is 4. The Morgan fingerprint density at radius 2 is 2.29 bits per heavy atom. The van der Waals surface area contributed by atoms with Gasteiger partial charge in [0.05, 0.1) is 5.69 Å². The van der Waals surface area contributed by atoms with Gasteiger partial charge in [0.2, 0.25) is 0 Å². The lowest BCUT2D eigenvalue weighted by Crippen LogP contribution is -2.54. The molecule has 0 bridgehead atoms. The van der Waals surface area contributed by atoms with Crippen LogP contribution in [-0.4, -0.2) is 34.1 Å². The van der Waals surface area contributed by atoms with Crippen molar-refractivity contribution in [1.82, 2.24) is 9.88 Å². The summed E-state index contributed by atoms with van der Waals surface area (Å²) >= 11 is 0. The highest BCUT2D eigenvalue weighted by atomic mass is 16.3. The molecule has 0 aliphatic carbocycles. The monoisotopic (exact) mass is 193 g/mol. The van der Waals surface area contributed by atoms with Gasteiger partial charge in [-0.1, -0.05) is 0 Å². The van der Waals surface area contributed by atoms with Crippen LogP contribution in [-0.2, 0) is 6.54 Å². The summed E-state index contributed by atoms with van der Waals surface area (Å²) in [6.45, 7) is 4.41. The van der Waals surface area contributed by atoms with Crippen molar-refractivity contribution in [2.75, 3.05) is 13.1 Å². The lowest BCUT2D eigenvalue weighted by molar-refractivity contribution is 0.139. The third-order valence-electron chi connectivity index (χ3n) is 2.45. The van der Waals surface area contributed by atoms with Crippen LogP contribution >= 0.6 is 0 Å². The quantitative estimate of drug-likeness (QED) is 0.706. The lowest BCUT2D eigenvalue weighted by atomic mass is 10.1.